The highest BCUT2D eigenvalue weighted by Gasteiger charge is 2.27. The zero-order valence-electron chi connectivity index (χ0n) is 30.1. The number of benzene rings is 2. The fourth-order valence-corrected chi connectivity index (χ4v) is 9.50. The van der Waals surface area contributed by atoms with Gasteiger partial charge in [0.2, 0.25) is 0 Å². The van der Waals surface area contributed by atoms with Gasteiger partial charge in [-0.25, -0.2) is 0 Å². The second-order valence-electron chi connectivity index (χ2n) is 15.6. The van der Waals surface area contributed by atoms with Gasteiger partial charge in [0.25, 0.3) is 0 Å². The van der Waals surface area contributed by atoms with Gasteiger partial charge in [-0.05, 0) is 143 Å². The molecule has 0 heterocycles. The second kappa shape index (κ2) is 18.6. The Morgan fingerprint density at radius 3 is 1.59 bits per heavy atom. The number of phenols is 1. The van der Waals surface area contributed by atoms with Gasteiger partial charge in [0, 0.05) is 12.1 Å². The molecule has 3 heteroatoms. The smallest absolute Gasteiger partial charge is 0.119 e. The van der Waals surface area contributed by atoms with Gasteiger partial charge in [0.1, 0.15) is 5.75 Å². The molecule has 6 rings (SSSR count). The van der Waals surface area contributed by atoms with Crippen molar-refractivity contribution in [3.8, 4) is 5.75 Å². The normalized spacial score (nSPS) is 22.3. The minimum Gasteiger partial charge on any atom is -0.508 e. The SMILES string of the molecule is CCCN(CCC1CCCCC1)C1CCc2cccc(C)c2C1.CCCN(CCC1CCCCC1)C1CCc2cccc(O)c2C1. The summed E-state index contributed by atoms with van der Waals surface area (Å²) >= 11 is 0. The number of aromatic hydroxyl groups is 1. The maximum atomic E-state index is 10.2. The van der Waals surface area contributed by atoms with Crippen molar-refractivity contribution in [2.24, 2.45) is 11.8 Å². The molecule has 2 atom stereocenters. The molecule has 0 aromatic heterocycles. The monoisotopic (exact) mass is 629 g/mol. The van der Waals surface area contributed by atoms with Gasteiger partial charge in [-0.2, -0.15) is 0 Å². The van der Waals surface area contributed by atoms with Crippen LogP contribution in [0.4, 0.5) is 0 Å². The molecule has 4 aliphatic carbocycles. The lowest BCUT2D eigenvalue weighted by Crippen LogP contribution is -2.41. The first-order valence-electron chi connectivity index (χ1n) is 19.9. The highest BCUT2D eigenvalue weighted by Crippen LogP contribution is 2.33. The highest BCUT2D eigenvalue weighted by atomic mass is 16.3. The Balaban J connectivity index is 0.000000181. The summed E-state index contributed by atoms with van der Waals surface area (Å²) in [5, 5.41) is 10.2. The molecule has 0 amide bonds. The molecule has 2 saturated carbocycles. The maximum Gasteiger partial charge on any atom is 0.119 e. The third-order valence-corrected chi connectivity index (χ3v) is 12.3. The second-order valence-corrected chi connectivity index (χ2v) is 15.6. The minimum atomic E-state index is 0.510. The summed E-state index contributed by atoms with van der Waals surface area (Å²) < 4.78 is 0. The molecule has 0 saturated heterocycles. The molecule has 46 heavy (non-hydrogen) atoms. The Labute approximate surface area is 283 Å². The van der Waals surface area contributed by atoms with Crippen molar-refractivity contribution < 1.29 is 5.11 Å². The number of hydrogen-bond donors (Lipinski definition) is 1. The van der Waals surface area contributed by atoms with Gasteiger partial charge in [-0.3, -0.25) is 0 Å². The molecule has 1 N–H and O–H groups in total. The number of rotatable bonds is 12. The first kappa shape index (κ1) is 35.5. The maximum absolute atomic E-state index is 10.2. The third kappa shape index (κ3) is 10.1. The quantitative estimate of drug-likeness (QED) is 0.253. The number of aryl methyl sites for hydroxylation is 3. The minimum absolute atomic E-state index is 0.510. The summed E-state index contributed by atoms with van der Waals surface area (Å²) in [5.74, 6) is 2.49. The van der Waals surface area contributed by atoms with Crippen LogP contribution in [0.3, 0.4) is 0 Å². The van der Waals surface area contributed by atoms with Crippen molar-refractivity contribution in [3.63, 3.8) is 0 Å². The van der Waals surface area contributed by atoms with Crippen molar-refractivity contribution in [2.75, 3.05) is 26.2 Å². The predicted molar refractivity (Wildman–Crippen MR) is 197 cm³/mol. The van der Waals surface area contributed by atoms with Crippen molar-refractivity contribution in [2.45, 2.75) is 161 Å². The van der Waals surface area contributed by atoms with Crippen molar-refractivity contribution in [3.05, 3.63) is 64.2 Å². The molecule has 2 aromatic carbocycles. The van der Waals surface area contributed by atoms with E-state index in [-0.39, 0.29) is 0 Å². The Hall–Kier alpha value is -1.84. The van der Waals surface area contributed by atoms with Gasteiger partial charge in [-0.1, -0.05) is 108 Å². The Morgan fingerprint density at radius 1 is 0.587 bits per heavy atom. The van der Waals surface area contributed by atoms with Gasteiger partial charge >= 0.3 is 0 Å². The third-order valence-electron chi connectivity index (χ3n) is 12.3. The largest absolute Gasteiger partial charge is 0.508 e. The molecule has 2 unspecified atom stereocenters. The van der Waals surface area contributed by atoms with E-state index >= 15 is 0 Å². The van der Waals surface area contributed by atoms with Crippen LogP contribution in [0.25, 0.3) is 0 Å². The van der Waals surface area contributed by atoms with Crippen LogP contribution in [-0.4, -0.2) is 53.2 Å². The lowest BCUT2D eigenvalue weighted by atomic mass is 9.84. The van der Waals surface area contributed by atoms with Crippen LogP contribution >= 0.6 is 0 Å². The molecular formula is C43H68N2O. The topological polar surface area (TPSA) is 26.7 Å². The Bertz CT molecular complexity index is 1070. The van der Waals surface area contributed by atoms with Crippen LogP contribution in [0, 0.1) is 18.8 Å². The summed E-state index contributed by atoms with van der Waals surface area (Å²) in [7, 11) is 0. The van der Waals surface area contributed by atoms with Crippen LogP contribution in [0.2, 0.25) is 0 Å². The molecule has 0 bridgehead atoms. The predicted octanol–water partition coefficient (Wildman–Crippen LogP) is 10.5. The van der Waals surface area contributed by atoms with Crippen LogP contribution in [-0.2, 0) is 25.7 Å². The van der Waals surface area contributed by atoms with E-state index in [1.165, 1.54) is 158 Å². The van der Waals surface area contributed by atoms with E-state index in [4.69, 9.17) is 0 Å². The van der Waals surface area contributed by atoms with Crippen LogP contribution in [0.15, 0.2) is 36.4 Å². The summed E-state index contributed by atoms with van der Waals surface area (Å²) in [6.07, 6.45) is 27.4. The van der Waals surface area contributed by atoms with E-state index in [9.17, 15) is 5.11 Å². The average Bonchev–Trinajstić information content (AvgIpc) is 3.10. The first-order chi connectivity index (χ1) is 22.6. The zero-order valence-corrected chi connectivity index (χ0v) is 30.1. The summed E-state index contributed by atoms with van der Waals surface area (Å²) in [4.78, 5) is 5.56. The number of fused-ring (bicyclic) bond motifs is 2. The van der Waals surface area contributed by atoms with E-state index in [2.05, 4.69) is 54.8 Å². The fourth-order valence-electron chi connectivity index (χ4n) is 9.50. The van der Waals surface area contributed by atoms with Crippen molar-refractivity contribution in [1.29, 1.82) is 0 Å². The van der Waals surface area contributed by atoms with Crippen LogP contribution in [0.5, 0.6) is 5.75 Å². The Morgan fingerprint density at radius 2 is 1.07 bits per heavy atom. The van der Waals surface area contributed by atoms with Crippen LogP contribution < -0.4 is 0 Å². The number of phenolic OH excluding ortho intramolecular Hbond substituents is 1. The molecule has 256 valence electrons. The van der Waals surface area contributed by atoms with Gasteiger partial charge in [0.05, 0.1) is 0 Å². The van der Waals surface area contributed by atoms with Gasteiger partial charge in [0.15, 0.2) is 0 Å². The van der Waals surface area contributed by atoms with Crippen molar-refractivity contribution >= 4 is 0 Å². The van der Waals surface area contributed by atoms with Gasteiger partial charge < -0.3 is 14.9 Å². The molecule has 0 aliphatic heterocycles. The molecule has 3 nitrogen and oxygen atoms in total. The van der Waals surface area contributed by atoms with E-state index < -0.39 is 0 Å². The van der Waals surface area contributed by atoms with E-state index in [1.54, 1.807) is 11.1 Å². The lowest BCUT2D eigenvalue weighted by molar-refractivity contribution is 0.160. The Kier molecular flexibility index (Phi) is 14.4. The number of hydrogen-bond acceptors (Lipinski definition) is 3. The molecule has 4 aliphatic rings. The molecule has 2 fully saturated rings. The highest BCUT2D eigenvalue weighted by molar-refractivity contribution is 5.41. The molecular weight excluding hydrogens is 560 g/mol. The standard InChI is InChI=1S/C22H35N.C21H33NO/c1-3-15-23(16-14-19-9-5-4-6-10-19)21-13-12-20-11-7-8-18(2)22(20)17-21;1-2-14-22(15-13-17-7-4-3-5-8-17)19-12-11-18-9-6-10-21(23)20(18)16-19/h7-8,11,19,21H,3-6,9-10,12-17H2,1-2H3;6,9-10,17,19,23H,2-5,7-8,11-16H2,1H3. The summed E-state index contributed by atoms with van der Waals surface area (Å²) in [6.45, 7) is 12.0. The number of nitrogens with zero attached hydrogens (tertiary/aromatic N) is 2. The summed E-state index contributed by atoms with van der Waals surface area (Å²) in [6, 6.07) is 14.3. The van der Waals surface area contributed by atoms with E-state index in [0.29, 0.717) is 11.8 Å². The lowest BCUT2D eigenvalue weighted by Gasteiger charge is -2.37. The first-order valence-corrected chi connectivity index (χ1v) is 19.9. The van der Waals surface area contributed by atoms with Crippen LogP contribution in [0.1, 0.15) is 144 Å². The zero-order chi connectivity index (χ0) is 32.1. The molecule has 0 spiro atoms. The van der Waals surface area contributed by atoms with E-state index in [1.807, 2.05) is 12.1 Å². The van der Waals surface area contributed by atoms with E-state index in [0.717, 1.165) is 30.7 Å². The van der Waals surface area contributed by atoms with Gasteiger partial charge in [-0.15, -0.1) is 0 Å². The molecule has 2 aromatic rings. The molecule has 0 radical (unpaired) electrons. The summed E-state index contributed by atoms with van der Waals surface area (Å²) in [5.41, 5.74) is 7.36. The van der Waals surface area contributed by atoms with Crippen molar-refractivity contribution in [1.82, 2.24) is 9.80 Å². The fraction of sp³-hybridized carbons (Fsp3) is 0.721. The average molecular weight is 629 g/mol.